The van der Waals surface area contributed by atoms with Gasteiger partial charge in [-0.15, -0.1) is 28.9 Å². The van der Waals surface area contributed by atoms with Crippen LogP contribution < -0.4 is 9.80 Å². The maximum absolute atomic E-state index is 5.24. The predicted molar refractivity (Wildman–Crippen MR) is 410 cm³/mol. The first kappa shape index (κ1) is 65.1. The number of nitrogens with zero attached hydrogens (tertiary/aromatic N) is 4. The number of pyridine rings is 1. The fourth-order valence-electron chi connectivity index (χ4n) is 15.8. The molecule has 2 aromatic heterocycles. The number of benzene rings is 13. The van der Waals surface area contributed by atoms with Crippen molar-refractivity contribution >= 4 is 44.6 Å². The molecule has 490 valence electrons. The van der Waals surface area contributed by atoms with Crippen molar-refractivity contribution in [3.63, 3.8) is 0 Å². The topological polar surface area (TPSA) is 24.3 Å². The summed E-state index contributed by atoms with van der Waals surface area (Å²) in [6.07, 6.45) is 1.97. The molecular formula is C95H77N4Pt-3. The third-order valence-corrected chi connectivity index (χ3v) is 21.4. The molecule has 0 spiro atoms. The number of hydrogen-bond donors (Lipinski definition) is 0. The van der Waals surface area contributed by atoms with Gasteiger partial charge in [0.15, 0.2) is 0 Å². The number of fused-ring (bicyclic) bond motifs is 4. The third kappa shape index (κ3) is 11.0. The van der Waals surface area contributed by atoms with E-state index in [0.29, 0.717) is 0 Å². The first-order valence-corrected chi connectivity index (χ1v) is 34.5. The van der Waals surface area contributed by atoms with Crippen molar-refractivity contribution in [2.45, 2.75) is 68.6 Å². The van der Waals surface area contributed by atoms with Crippen LogP contribution in [0.15, 0.2) is 352 Å². The summed E-state index contributed by atoms with van der Waals surface area (Å²) in [5.41, 5.74) is 19.6. The summed E-state index contributed by atoms with van der Waals surface area (Å²) in [5.74, 6) is 0.844. The van der Waals surface area contributed by atoms with Gasteiger partial charge in [0.1, 0.15) is 5.82 Å². The van der Waals surface area contributed by atoms with Gasteiger partial charge in [0.05, 0.1) is 0 Å². The van der Waals surface area contributed by atoms with Crippen LogP contribution >= 0.6 is 0 Å². The third-order valence-electron chi connectivity index (χ3n) is 21.4. The fourth-order valence-corrected chi connectivity index (χ4v) is 15.8. The molecule has 0 bridgehead atoms. The second-order valence-corrected chi connectivity index (χ2v) is 28.0. The predicted octanol–water partition coefficient (Wildman–Crippen LogP) is 22.9. The number of para-hydroxylation sites is 2. The number of anilines is 4. The number of rotatable bonds is 16. The van der Waals surface area contributed by atoms with Crippen LogP contribution in [0.3, 0.4) is 0 Å². The molecule has 0 fully saturated rings. The Morgan fingerprint density at radius 2 is 0.720 bits per heavy atom. The van der Waals surface area contributed by atoms with Gasteiger partial charge >= 0.3 is 0 Å². The van der Waals surface area contributed by atoms with Crippen molar-refractivity contribution in [2.75, 3.05) is 9.80 Å². The Kier molecular flexibility index (Phi) is 17.2. The zero-order valence-electron chi connectivity index (χ0n) is 57.2. The molecule has 0 saturated heterocycles. The molecule has 0 aliphatic carbocycles. The molecule has 0 unspecified atom stereocenters. The summed E-state index contributed by atoms with van der Waals surface area (Å²) in [7, 11) is 0. The molecule has 3 heterocycles. The molecule has 0 N–H and O–H groups in total. The molecule has 0 radical (unpaired) electrons. The van der Waals surface area contributed by atoms with E-state index < -0.39 is 21.7 Å². The molecule has 4 nitrogen and oxygen atoms in total. The number of aromatic nitrogens is 2. The molecule has 0 saturated carbocycles. The van der Waals surface area contributed by atoms with Crippen LogP contribution in [-0.4, -0.2) is 9.55 Å². The van der Waals surface area contributed by atoms with Crippen molar-refractivity contribution in [2.24, 2.45) is 0 Å². The zero-order valence-corrected chi connectivity index (χ0v) is 59.4. The summed E-state index contributed by atoms with van der Waals surface area (Å²) in [5, 5.41) is 2.22. The molecular weight excluding hydrogens is 1390 g/mol. The average Bonchev–Trinajstić information content (AvgIpc) is 1.44. The van der Waals surface area contributed by atoms with E-state index in [0.717, 1.165) is 72.6 Å². The van der Waals surface area contributed by atoms with E-state index in [2.05, 4.69) is 420 Å². The maximum Gasteiger partial charge on any atom is 0.135 e. The van der Waals surface area contributed by atoms with E-state index in [-0.39, 0.29) is 26.5 Å². The first-order valence-electron chi connectivity index (χ1n) is 34.5. The molecule has 1 aliphatic heterocycles. The van der Waals surface area contributed by atoms with Gasteiger partial charge < -0.3 is 14.4 Å². The minimum absolute atomic E-state index is 0. The average molecular weight is 1470 g/mol. The van der Waals surface area contributed by atoms with E-state index in [9.17, 15) is 0 Å². The van der Waals surface area contributed by atoms with Crippen LogP contribution in [0.25, 0.3) is 27.6 Å². The Morgan fingerprint density at radius 3 is 1.17 bits per heavy atom. The van der Waals surface area contributed by atoms with E-state index in [4.69, 9.17) is 4.98 Å². The number of hydrogen-bond acceptors (Lipinski definition) is 3. The Hall–Kier alpha value is -10.9. The quantitative estimate of drug-likeness (QED) is 0.0712. The maximum atomic E-state index is 5.24. The second-order valence-electron chi connectivity index (χ2n) is 28.0. The zero-order chi connectivity index (χ0) is 67.4. The van der Waals surface area contributed by atoms with Gasteiger partial charge in [-0.3, -0.25) is 0 Å². The van der Waals surface area contributed by atoms with Crippen LogP contribution in [0.1, 0.15) is 119 Å². The molecule has 0 amide bonds. The normalized spacial score (nSPS) is 12.7. The smallest absolute Gasteiger partial charge is 0.135 e. The molecule has 13 aromatic carbocycles. The molecule has 16 rings (SSSR count). The SMILES string of the molecule is CC(C)(C)c1ccnc(-n2c3[c-]c(C(c4[c-]c(N5[CH-]N(c6cc(C(C)(c7ccccc7)c7ccccc7)cc(C(C)(c7ccccc7)c7ccccc7)c6)c6ccccc65)ccc4)(c4ccccc4)c4ccccc4)ccc3c3cc(C(C)(c4ccccc4)c4ccccc4)ccc32)c1.[Pt]. The van der Waals surface area contributed by atoms with Crippen molar-refractivity contribution in [3.05, 3.63) is 449 Å². The van der Waals surface area contributed by atoms with Gasteiger partial charge in [-0.2, -0.15) is 42.5 Å². The minimum Gasteiger partial charge on any atom is -0.493 e. The van der Waals surface area contributed by atoms with E-state index in [1.54, 1.807) is 0 Å². The largest absolute Gasteiger partial charge is 0.493 e. The van der Waals surface area contributed by atoms with Gasteiger partial charge in [0.25, 0.3) is 0 Å². The summed E-state index contributed by atoms with van der Waals surface area (Å²) < 4.78 is 2.35. The summed E-state index contributed by atoms with van der Waals surface area (Å²) in [6.45, 7) is 16.2. The Balaban J connectivity index is 0.00000812. The molecule has 15 aromatic rings. The summed E-state index contributed by atoms with van der Waals surface area (Å²) in [6, 6.07) is 135. The van der Waals surface area contributed by atoms with Gasteiger partial charge in [-0.1, -0.05) is 299 Å². The first-order chi connectivity index (χ1) is 48.4. The Morgan fingerprint density at radius 1 is 0.310 bits per heavy atom. The molecule has 0 atom stereocenters. The van der Waals surface area contributed by atoms with E-state index >= 15 is 0 Å². The van der Waals surface area contributed by atoms with Crippen LogP contribution in [0, 0.1) is 18.8 Å². The standard InChI is InChI=1S/C95H77N4.Pt/c1-91(2,3)76-58-59-96-90(66-76)99-86-57-55-77(92(4,68-34-15-7-16-35-68)69-36-17-8-18-37-69)64-85(86)84-56-54-79(65-89(84)99)95(74-46-27-13-28-47-74,75-48-29-14-30-49-75)78-50-33-51-82(61-78)97-67-98(88-53-32-31-52-87(88)97)83-62-80(93(5,70-38-19-9-20-39-70)71-40-21-10-22-41-71)60-81(63-83)94(6,72-42-23-11-24-43-72)73-44-25-12-26-45-73;/h7-60,62-64,66-67H,1-6H3;/q-3;. The van der Waals surface area contributed by atoms with Gasteiger partial charge in [0, 0.05) is 71.5 Å². The van der Waals surface area contributed by atoms with Gasteiger partial charge in [0.2, 0.25) is 0 Å². The fraction of sp³-hybridized carbons (Fsp3) is 0.116. The van der Waals surface area contributed by atoms with Crippen molar-refractivity contribution in [1.29, 1.82) is 0 Å². The van der Waals surface area contributed by atoms with Crippen LogP contribution in [-0.2, 0) is 48.1 Å². The van der Waals surface area contributed by atoms with Crippen LogP contribution in [0.2, 0.25) is 0 Å². The second kappa shape index (κ2) is 26.4. The summed E-state index contributed by atoms with van der Waals surface area (Å²) >= 11 is 0. The van der Waals surface area contributed by atoms with Crippen molar-refractivity contribution in [1.82, 2.24) is 9.55 Å². The Bertz CT molecular complexity index is 5100. The van der Waals surface area contributed by atoms with E-state index in [1.807, 2.05) is 6.20 Å². The van der Waals surface area contributed by atoms with Crippen molar-refractivity contribution in [3.8, 4) is 5.82 Å². The van der Waals surface area contributed by atoms with E-state index in [1.165, 1.54) is 55.6 Å². The molecule has 5 heteroatoms. The van der Waals surface area contributed by atoms with Crippen molar-refractivity contribution < 1.29 is 21.1 Å². The molecule has 1 aliphatic rings. The van der Waals surface area contributed by atoms with Gasteiger partial charge in [-0.05, 0) is 141 Å². The monoisotopic (exact) mass is 1470 g/mol. The van der Waals surface area contributed by atoms with Crippen LogP contribution in [0.4, 0.5) is 22.7 Å². The molecule has 100 heavy (non-hydrogen) atoms. The van der Waals surface area contributed by atoms with Crippen LogP contribution in [0.5, 0.6) is 0 Å². The van der Waals surface area contributed by atoms with Gasteiger partial charge in [-0.25, -0.2) is 4.98 Å². The minimum atomic E-state index is -0.945. The Labute approximate surface area is 603 Å². The summed E-state index contributed by atoms with van der Waals surface area (Å²) in [4.78, 5) is 9.98.